The molecule has 356 valence electrons. The van der Waals surface area contributed by atoms with Crippen LogP contribution in [-0.4, -0.2) is 10.7 Å². The van der Waals surface area contributed by atoms with Gasteiger partial charge in [0.05, 0.1) is 17.4 Å². The second-order valence-electron chi connectivity index (χ2n) is 19.7. The topological polar surface area (TPSA) is 41.6 Å². The number of unbranched alkanes of at least 4 members (excludes halogenated alkanes) is 20. The summed E-state index contributed by atoms with van der Waals surface area (Å²) in [6, 6.07) is 32.1. The summed E-state index contributed by atoms with van der Waals surface area (Å²) >= 11 is 0. The second kappa shape index (κ2) is 29.3. The molecular formula is C62H87N3O. The molecule has 0 spiro atoms. The number of hydrazone groups is 1. The molecule has 1 aliphatic heterocycles. The number of rotatable bonds is 33. The highest BCUT2D eigenvalue weighted by molar-refractivity contribution is 6.01. The van der Waals surface area contributed by atoms with Gasteiger partial charge >= 0.3 is 0 Å². The second-order valence-corrected chi connectivity index (χ2v) is 19.7. The number of aryl methyl sites for hydroxylation is 4. The molecule has 0 radical (unpaired) electrons. The lowest BCUT2D eigenvalue weighted by atomic mass is 9.97. The summed E-state index contributed by atoms with van der Waals surface area (Å²) in [6.45, 7) is 9.11. The van der Waals surface area contributed by atoms with Gasteiger partial charge < -0.3 is 4.42 Å². The van der Waals surface area contributed by atoms with E-state index in [2.05, 4.69) is 130 Å². The molecule has 1 unspecified atom stereocenters. The Labute approximate surface area is 402 Å². The fourth-order valence-corrected chi connectivity index (χ4v) is 9.78. The average Bonchev–Trinajstić information content (AvgIpc) is 3.99. The van der Waals surface area contributed by atoms with Crippen molar-refractivity contribution >= 4 is 28.6 Å². The van der Waals surface area contributed by atoms with Crippen LogP contribution in [0.3, 0.4) is 0 Å². The largest absolute Gasteiger partial charge is 0.436 e. The molecule has 4 heteroatoms. The number of oxazole rings is 1. The molecule has 1 atom stereocenters. The van der Waals surface area contributed by atoms with Crippen molar-refractivity contribution in [3.63, 3.8) is 0 Å². The molecule has 0 bridgehead atoms. The molecule has 0 fully saturated rings. The quantitative estimate of drug-likeness (QED) is 0.0394. The van der Waals surface area contributed by atoms with Crippen LogP contribution >= 0.6 is 0 Å². The number of allylic oxidation sites excluding steroid dienone is 1. The normalized spacial score (nSPS) is 14.0. The van der Waals surface area contributed by atoms with E-state index in [0.29, 0.717) is 5.89 Å². The fraction of sp³-hybridized carbons (Fsp3) is 0.548. The molecule has 4 aromatic carbocycles. The van der Waals surface area contributed by atoms with Crippen molar-refractivity contribution in [3.05, 3.63) is 124 Å². The third kappa shape index (κ3) is 16.7. The smallest absolute Gasteiger partial charge is 0.227 e. The van der Waals surface area contributed by atoms with Gasteiger partial charge in [0.1, 0.15) is 5.52 Å². The highest BCUT2D eigenvalue weighted by atomic mass is 16.3. The summed E-state index contributed by atoms with van der Waals surface area (Å²) in [5, 5.41) is 7.54. The third-order valence-corrected chi connectivity index (χ3v) is 14.0. The zero-order chi connectivity index (χ0) is 46.0. The molecule has 1 aromatic heterocycles. The summed E-state index contributed by atoms with van der Waals surface area (Å²) < 4.78 is 6.52. The van der Waals surface area contributed by atoms with Crippen LogP contribution in [0.15, 0.2) is 101 Å². The highest BCUT2D eigenvalue weighted by Gasteiger charge is 2.28. The Morgan fingerprint density at radius 2 is 1.00 bits per heavy atom. The van der Waals surface area contributed by atoms with E-state index >= 15 is 0 Å². The Morgan fingerprint density at radius 3 is 1.56 bits per heavy atom. The maximum atomic E-state index is 6.52. The van der Waals surface area contributed by atoms with Gasteiger partial charge in [0.25, 0.3) is 0 Å². The van der Waals surface area contributed by atoms with Crippen molar-refractivity contribution < 1.29 is 4.42 Å². The summed E-state index contributed by atoms with van der Waals surface area (Å²) in [7, 11) is 0. The minimum absolute atomic E-state index is 0.123. The fourth-order valence-electron chi connectivity index (χ4n) is 9.78. The van der Waals surface area contributed by atoms with E-state index in [-0.39, 0.29) is 6.04 Å². The molecule has 2 heterocycles. The molecular weight excluding hydrogens is 803 g/mol. The first-order chi connectivity index (χ1) is 32.6. The number of hydrogen-bond acceptors (Lipinski definition) is 4. The number of aromatic nitrogens is 1. The Balaban J connectivity index is 1.10. The lowest BCUT2D eigenvalue weighted by molar-refractivity contribution is 0.556. The number of benzene rings is 4. The Morgan fingerprint density at radius 1 is 0.500 bits per heavy atom. The standard InChI is InChI=1S/C62H87N3O/c1-5-9-13-15-17-19-21-23-25-27-30-50-33-35-52(36-34-50)39-44-57-49-59(54-40-37-51(38-41-54)31-28-26-24-22-20-18-16-14-10-6-2)65(64-57)58-45-42-55(43-46-58)62-63-61-56(32-12-8-4)47-53(29-11-7-3)48-60(61)66-62/h33-48,59H,5-32,49H2,1-4H3. The van der Waals surface area contributed by atoms with E-state index in [1.807, 2.05) is 0 Å². The monoisotopic (exact) mass is 890 g/mol. The van der Waals surface area contributed by atoms with E-state index in [9.17, 15) is 0 Å². The Hall–Kier alpha value is -4.44. The van der Waals surface area contributed by atoms with Crippen LogP contribution in [0.5, 0.6) is 0 Å². The molecule has 5 aromatic rings. The van der Waals surface area contributed by atoms with E-state index in [1.54, 1.807) is 0 Å². The molecule has 1 aliphatic rings. The number of anilines is 1. The summed E-state index contributed by atoms with van der Waals surface area (Å²) in [5.41, 5.74) is 13.2. The molecule has 66 heavy (non-hydrogen) atoms. The van der Waals surface area contributed by atoms with Gasteiger partial charge in [0.2, 0.25) is 5.89 Å². The molecule has 0 saturated heterocycles. The first kappa shape index (κ1) is 51.0. The Kier molecular flexibility index (Phi) is 22.7. The van der Waals surface area contributed by atoms with Crippen molar-refractivity contribution in [3.8, 4) is 11.5 Å². The van der Waals surface area contributed by atoms with Crippen LogP contribution in [0.1, 0.15) is 228 Å². The molecule has 0 N–H and O–H groups in total. The SMILES string of the molecule is CCCCCCCCCCCCc1ccc(C=CC2=NN(c3ccc(-c4nc5c(CCCC)cc(CCCC)cc5o4)cc3)C(c3ccc(CCCCCCCCCCCC)cc3)C2)cc1. The van der Waals surface area contributed by atoms with Crippen molar-refractivity contribution in [1.82, 2.24) is 4.98 Å². The molecule has 4 nitrogen and oxygen atoms in total. The number of fused-ring (bicyclic) bond motifs is 1. The maximum Gasteiger partial charge on any atom is 0.227 e. The maximum absolute atomic E-state index is 6.52. The lowest BCUT2D eigenvalue weighted by Gasteiger charge is -2.24. The minimum Gasteiger partial charge on any atom is -0.436 e. The van der Waals surface area contributed by atoms with Crippen LogP contribution in [0.25, 0.3) is 28.6 Å². The zero-order valence-electron chi connectivity index (χ0n) is 42.1. The molecule has 0 saturated carbocycles. The van der Waals surface area contributed by atoms with Gasteiger partial charge in [-0.3, -0.25) is 5.01 Å². The van der Waals surface area contributed by atoms with E-state index in [1.165, 1.54) is 187 Å². The number of nitrogens with zero attached hydrogens (tertiary/aromatic N) is 3. The van der Waals surface area contributed by atoms with Gasteiger partial charge in [-0.2, -0.15) is 5.10 Å². The van der Waals surface area contributed by atoms with E-state index in [4.69, 9.17) is 14.5 Å². The van der Waals surface area contributed by atoms with Gasteiger partial charge in [-0.05, 0) is 121 Å². The van der Waals surface area contributed by atoms with Gasteiger partial charge in [0.15, 0.2) is 5.58 Å². The van der Waals surface area contributed by atoms with Crippen LogP contribution in [0, 0.1) is 0 Å². The van der Waals surface area contributed by atoms with E-state index in [0.717, 1.165) is 60.2 Å². The van der Waals surface area contributed by atoms with Crippen LogP contribution in [-0.2, 0) is 25.7 Å². The van der Waals surface area contributed by atoms with Crippen molar-refractivity contribution in [1.29, 1.82) is 0 Å². The van der Waals surface area contributed by atoms with Gasteiger partial charge in [-0.1, -0.05) is 217 Å². The Bertz CT molecular complexity index is 2140. The molecule has 0 aliphatic carbocycles. The van der Waals surface area contributed by atoms with Gasteiger partial charge in [0, 0.05) is 12.0 Å². The van der Waals surface area contributed by atoms with Crippen LogP contribution in [0.2, 0.25) is 0 Å². The number of hydrogen-bond donors (Lipinski definition) is 0. The molecule has 0 amide bonds. The highest BCUT2D eigenvalue weighted by Crippen LogP contribution is 2.37. The summed E-state index contributed by atoms with van der Waals surface area (Å²) in [6.07, 6.45) is 42.0. The first-order valence-electron chi connectivity index (χ1n) is 27.3. The third-order valence-electron chi connectivity index (χ3n) is 14.0. The average molecular weight is 890 g/mol. The van der Waals surface area contributed by atoms with E-state index < -0.39 is 0 Å². The summed E-state index contributed by atoms with van der Waals surface area (Å²) in [4.78, 5) is 5.10. The van der Waals surface area contributed by atoms with Gasteiger partial charge in [-0.15, -0.1) is 0 Å². The predicted molar refractivity (Wildman–Crippen MR) is 287 cm³/mol. The van der Waals surface area contributed by atoms with Crippen molar-refractivity contribution in [2.45, 2.75) is 220 Å². The molecule has 6 rings (SSSR count). The van der Waals surface area contributed by atoms with Gasteiger partial charge in [-0.25, -0.2) is 4.98 Å². The minimum atomic E-state index is 0.123. The zero-order valence-corrected chi connectivity index (χ0v) is 42.1. The van der Waals surface area contributed by atoms with Crippen LogP contribution < -0.4 is 5.01 Å². The summed E-state index contributed by atoms with van der Waals surface area (Å²) in [5.74, 6) is 0.694. The lowest BCUT2D eigenvalue weighted by Crippen LogP contribution is -2.18. The first-order valence-corrected chi connectivity index (χ1v) is 27.3. The van der Waals surface area contributed by atoms with Crippen LogP contribution in [0.4, 0.5) is 5.69 Å². The predicted octanol–water partition coefficient (Wildman–Crippen LogP) is 19.1. The van der Waals surface area contributed by atoms with Crippen molar-refractivity contribution in [2.24, 2.45) is 5.10 Å². The van der Waals surface area contributed by atoms with Crippen molar-refractivity contribution in [2.75, 3.05) is 5.01 Å².